The molecule has 0 atom stereocenters. The number of hydrogen-bond donors (Lipinski definition) is 3. The van der Waals surface area contributed by atoms with Gasteiger partial charge >= 0.3 is 0 Å². The molecule has 0 aromatic carbocycles. The van der Waals surface area contributed by atoms with Gasteiger partial charge in [0.25, 0.3) is 0 Å². The van der Waals surface area contributed by atoms with E-state index in [9.17, 15) is 0 Å². The van der Waals surface area contributed by atoms with E-state index in [2.05, 4.69) is 25.3 Å². The van der Waals surface area contributed by atoms with Crippen molar-refractivity contribution in [1.29, 1.82) is 0 Å². The molecule has 0 saturated carbocycles. The van der Waals surface area contributed by atoms with Crippen molar-refractivity contribution >= 4 is 17.1 Å². The van der Waals surface area contributed by atoms with Gasteiger partial charge in [0.2, 0.25) is 5.95 Å². The lowest BCUT2D eigenvalue weighted by molar-refractivity contribution is 0.331. The topological polar surface area (TPSA) is 86.7 Å². The Bertz CT molecular complexity index is 472. The summed E-state index contributed by atoms with van der Waals surface area (Å²) in [5.74, 6) is 0.650. The molecule has 84 valence electrons. The maximum Gasteiger partial charge on any atom is 0.203 e. The first-order chi connectivity index (χ1) is 7.79. The highest BCUT2D eigenvalue weighted by Gasteiger charge is 2.01. The number of nitrogens with one attached hydrogen (secondary N) is 2. The first-order valence-corrected chi connectivity index (χ1v) is 4.95. The Hall–Kier alpha value is -1.95. The van der Waals surface area contributed by atoms with Gasteiger partial charge in [-0.25, -0.2) is 9.97 Å². The van der Waals surface area contributed by atoms with Gasteiger partial charge in [-0.1, -0.05) is 11.6 Å². The van der Waals surface area contributed by atoms with Crippen LogP contribution in [0.3, 0.4) is 0 Å². The fourth-order valence-electron chi connectivity index (χ4n) is 1.23. The fourth-order valence-corrected chi connectivity index (χ4v) is 1.23. The zero-order chi connectivity index (χ0) is 11.4. The van der Waals surface area contributed by atoms with Crippen LogP contribution in [0.25, 0.3) is 11.2 Å². The molecule has 0 unspecified atom stereocenters. The number of fused-ring (bicyclic) bond motifs is 1. The van der Waals surface area contributed by atoms with Crippen LogP contribution in [0.1, 0.15) is 6.92 Å². The van der Waals surface area contributed by atoms with Crippen molar-refractivity contribution in [2.24, 2.45) is 0 Å². The number of anilines is 1. The molecule has 0 bridgehead atoms. The molecule has 0 spiro atoms. The van der Waals surface area contributed by atoms with Gasteiger partial charge in [-0.3, -0.25) is 0 Å². The lowest BCUT2D eigenvalue weighted by atomic mass is 10.3. The van der Waals surface area contributed by atoms with Gasteiger partial charge in [-0.05, 0) is 6.92 Å². The van der Waals surface area contributed by atoms with Crippen molar-refractivity contribution in [2.45, 2.75) is 6.92 Å². The molecule has 0 aliphatic heterocycles. The average molecular weight is 219 g/mol. The van der Waals surface area contributed by atoms with Crippen LogP contribution in [0.4, 0.5) is 5.95 Å². The van der Waals surface area contributed by atoms with E-state index in [1.807, 2.05) is 13.0 Å². The number of hydrogen-bond acceptors (Lipinski definition) is 5. The molecule has 6 heteroatoms. The zero-order valence-corrected chi connectivity index (χ0v) is 8.94. The summed E-state index contributed by atoms with van der Waals surface area (Å²) in [6.07, 6.45) is 5.04. The Morgan fingerprint density at radius 1 is 1.62 bits per heavy atom. The molecule has 6 nitrogen and oxygen atoms in total. The zero-order valence-electron chi connectivity index (χ0n) is 8.94. The van der Waals surface area contributed by atoms with Crippen molar-refractivity contribution in [3.05, 3.63) is 24.2 Å². The van der Waals surface area contributed by atoms with Gasteiger partial charge < -0.3 is 15.4 Å². The number of H-pyrrole nitrogens is 1. The number of aliphatic hydroxyl groups is 1. The van der Waals surface area contributed by atoms with Crippen LogP contribution >= 0.6 is 0 Å². The summed E-state index contributed by atoms with van der Waals surface area (Å²) in [4.78, 5) is 15.2. The minimum atomic E-state index is 0.0767. The van der Waals surface area contributed by atoms with Crippen molar-refractivity contribution in [3.8, 4) is 0 Å². The molecule has 2 aromatic heterocycles. The van der Waals surface area contributed by atoms with Gasteiger partial charge in [0.1, 0.15) is 11.8 Å². The maximum absolute atomic E-state index is 8.81. The monoisotopic (exact) mass is 219 g/mol. The predicted octanol–water partition coefficient (Wildman–Crippen LogP) is 0.703. The lowest BCUT2D eigenvalue weighted by Crippen LogP contribution is -2.01. The average Bonchev–Trinajstić information content (AvgIpc) is 2.71. The van der Waals surface area contributed by atoms with Gasteiger partial charge in [0.15, 0.2) is 5.65 Å². The van der Waals surface area contributed by atoms with Crippen LogP contribution in [0.5, 0.6) is 0 Å². The molecule has 0 aliphatic carbocycles. The molecule has 3 N–H and O–H groups in total. The van der Waals surface area contributed by atoms with E-state index in [-0.39, 0.29) is 6.61 Å². The summed E-state index contributed by atoms with van der Waals surface area (Å²) >= 11 is 0. The van der Waals surface area contributed by atoms with Crippen LogP contribution in [0, 0.1) is 0 Å². The van der Waals surface area contributed by atoms with Gasteiger partial charge in [-0.2, -0.15) is 4.98 Å². The third-order valence-electron chi connectivity index (χ3n) is 2.13. The van der Waals surface area contributed by atoms with E-state index in [1.165, 1.54) is 6.33 Å². The first-order valence-electron chi connectivity index (χ1n) is 4.95. The highest BCUT2D eigenvalue weighted by Crippen LogP contribution is 2.09. The van der Waals surface area contributed by atoms with E-state index in [4.69, 9.17) is 5.11 Å². The summed E-state index contributed by atoms with van der Waals surface area (Å²) in [7, 11) is 0. The fraction of sp³-hybridized carbons (Fsp3) is 0.300. The highest BCUT2D eigenvalue weighted by molar-refractivity contribution is 5.71. The Kier molecular flexibility index (Phi) is 3.11. The minimum Gasteiger partial charge on any atom is -0.392 e. The normalized spacial score (nSPS) is 12.0. The Morgan fingerprint density at radius 2 is 2.50 bits per heavy atom. The summed E-state index contributed by atoms with van der Waals surface area (Å²) in [5.41, 5.74) is 2.36. The second kappa shape index (κ2) is 4.71. The number of aromatic amines is 1. The van der Waals surface area contributed by atoms with E-state index in [0.29, 0.717) is 18.1 Å². The number of rotatable bonds is 4. The quantitative estimate of drug-likeness (QED) is 0.659. The van der Waals surface area contributed by atoms with Crippen LogP contribution in [-0.4, -0.2) is 38.2 Å². The number of aromatic nitrogens is 4. The van der Waals surface area contributed by atoms with Gasteiger partial charge in [0.05, 0.1) is 12.8 Å². The molecule has 0 saturated heterocycles. The Labute approximate surface area is 92.5 Å². The molecular weight excluding hydrogens is 206 g/mol. The second-order valence-electron chi connectivity index (χ2n) is 3.43. The molecule has 0 aliphatic rings. The molecule has 0 fully saturated rings. The summed E-state index contributed by atoms with van der Waals surface area (Å²) in [6, 6.07) is 0. The van der Waals surface area contributed by atoms with Gasteiger partial charge in [0, 0.05) is 6.54 Å². The SMILES string of the molecule is C/C(=C\CNc1nc2ncncc2[nH]1)CO. The number of aliphatic hydroxyl groups excluding tert-OH is 1. The standard InChI is InChI=1S/C10H13N5O/c1-7(5-16)2-3-12-10-14-8-4-11-6-13-9(8)15-10/h2,4,6,16H,3,5H2,1H3,(H2,11,12,13,14,15)/b7-2+. The molecule has 16 heavy (non-hydrogen) atoms. The smallest absolute Gasteiger partial charge is 0.203 e. The first kappa shape index (κ1) is 10.6. The molecule has 0 amide bonds. The Morgan fingerprint density at radius 3 is 3.25 bits per heavy atom. The third kappa shape index (κ3) is 2.34. The molecule has 0 radical (unpaired) electrons. The Balaban J connectivity index is 2.05. The van der Waals surface area contributed by atoms with Gasteiger partial charge in [-0.15, -0.1) is 0 Å². The van der Waals surface area contributed by atoms with E-state index in [1.54, 1.807) is 6.20 Å². The molecular formula is C10H13N5O. The van der Waals surface area contributed by atoms with Crippen molar-refractivity contribution in [3.63, 3.8) is 0 Å². The lowest BCUT2D eigenvalue weighted by Gasteiger charge is -1.98. The van der Waals surface area contributed by atoms with E-state index in [0.717, 1.165) is 11.1 Å². The summed E-state index contributed by atoms with van der Waals surface area (Å²) in [6.45, 7) is 2.55. The molecule has 2 rings (SSSR count). The van der Waals surface area contributed by atoms with Crippen molar-refractivity contribution in [1.82, 2.24) is 19.9 Å². The van der Waals surface area contributed by atoms with Crippen LogP contribution < -0.4 is 5.32 Å². The van der Waals surface area contributed by atoms with E-state index < -0.39 is 0 Å². The third-order valence-corrected chi connectivity index (χ3v) is 2.13. The highest BCUT2D eigenvalue weighted by atomic mass is 16.3. The van der Waals surface area contributed by atoms with Crippen molar-refractivity contribution in [2.75, 3.05) is 18.5 Å². The largest absolute Gasteiger partial charge is 0.392 e. The minimum absolute atomic E-state index is 0.0767. The van der Waals surface area contributed by atoms with Crippen molar-refractivity contribution < 1.29 is 5.11 Å². The van der Waals surface area contributed by atoms with E-state index >= 15 is 0 Å². The van der Waals surface area contributed by atoms with Crippen LogP contribution in [-0.2, 0) is 0 Å². The summed E-state index contributed by atoms with van der Waals surface area (Å²) in [5, 5.41) is 11.9. The number of nitrogens with zero attached hydrogens (tertiary/aromatic N) is 3. The predicted molar refractivity (Wildman–Crippen MR) is 61.0 cm³/mol. The van der Waals surface area contributed by atoms with Crippen LogP contribution in [0.15, 0.2) is 24.2 Å². The molecule has 2 aromatic rings. The maximum atomic E-state index is 8.81. The number of imidazole rings is 1. The summed E-state index contributed by atoms with van der Waals surface area (Å²) < 4.78 is 0. The van der Waals surface area contributed by atoms with Crippen LogP contribution in [0.2, 0.25) is 0 Å². The second-order valence-corrected chi connectivity index (χ2v) is 3.43. The molecule has 2 heterocycles.